The van der Waals surface area contributed by atoms with Crippen LogP contribution in [0.25, 0.3) is 0 Å². The van der Waals surface area contributed by atoms with Crippen molar-refractivity contribution in [2.75, 3.05) is 38.0 Å². The van der Waals surface area contributed by atoms with Gasteiger partial charge in [-0.25, -0.2) is 0 Å². The van der Waals surface area contributed by atoms with Gasteiger partial charge in [-0.15, -0.1) is 0 Å². The molecule has 0 radical (unpaired) electrons. The number of anilines is 2. The highest BCUT2D eigenvalue weighted by Crippen LogP contribution is 2.35. The number of aryl methyl sites for hydroxylation is 1. The Morgan fingerprint density at radius 1 is 1.09 bits per heavy atom. The molecule has 3 rings (SSSR count). The Balaban J connectivity index is 2.05. The van der Waals surface area contributed by atoms with Gasteiger partial charge < -0.3 is 14.8 Å². The van der Waals surface area contributed by atoms with E-state index >= 15 is 0 Å². The second kappa shape index (κ2) is 5.80. The Morgan fingerprint density at radius 2 is 1.77 bits per heavy atom. The fourth-order valence-electron chi connectivity index (χ4n) is 3.40. The highest BCUT2D eigenvalue weighted by Gasteiger charge is 2.25. The van der Waals surface area contributed by atoms with E-state index in [0.717, 1.165) is 29.9 Å². The van der Waals surface area contributed by atoms with Gasteiger partial charge in [-0.1, -0.05) is 24.3 Å². The zero-order chi connectivity index (χ0) is 15.9. The Labute approximate surface area is 137 Å². The van der Waals surface area contributed by atoms with E-state index in [9.17, 15) is 0 Å². The lowest BCUT2D eigenvalue weighted by atomic mass is 9.88. The summed E-state index contributed by atoms with van der Waals surface area (Å²) in [6.07, 6.45) is 3.31. The number of rotatable bonds is 3. The van der Waals surface area contributed by atoms with Gasteiger partial charge in [0, 0.05) is 34.2 Å². The molecule has 1 N–H and O–H groups in total. The quantitative estimate of drug-likeness (QED) is 0.879. The molecule has 0 amide bonds. The monoisotopic (exact) mass is 316 g/mol. The van der Waals surface area contributed by atoms with Crippen LogP contribution >= 0.6 is 12.2 Å². The zero-order valence-corrected chi connectivity index (χ0v) is 14.6. The van der Waals surface area contributed by atoms with E-state index in [1.807, 2.05) is 14.1 Å². The van der Waals surface area contributed by atoms with Crippen LogP contribution < -0.4 is 9.80 Å². The molecule has 1 aliphatic rings. The van der Waals surface area contributed by atoms with E-state index in [2.05, 4.69) is 57.7 Å². The van der Waals surface area contributed by atoms with Gasteiger partial charge in [-0.05, 0) is 42.6 Å². The molecule has 1 aromatic carbocycles. The van der Waals surface area contributed by atoms with E-state index in [1.165, 1.54) is 16.9 Å². The summed E-state index contributed by atoms with van der Waals surface area (Å²) in [5.74, 6) is 2.24. The van der Waals surface area contributed by atoms with Crippen LogP contribution in [0, 0.1) is 4.77 Å². The minimum Gasteiger partial charge on any atom is -0.361 e. The average Bonchev–Trinajstić information content (AvgIpc) is 2.84. The maximum Gasteiger partial charge on any atom is 0.180 e. The number of hydrogen-bond acceptors (Lipinski definition) is 3. The van der Waals surface area contributed by atoms with E-state index < -0.39 is 0 Å². The van der Waals surface area contributed by atoms with E-state index in [1.54, 1.807) is 0 Å². The molecule has 0 spiro atoms. The predicted octanol–water partition coefficient (Wildman–Crippen LogP) is 3.41. The highest BCUT2D eigenvalue weighted by atomic mass is 32.1. The lowest BCUT2D eigenvalue weighted by Crippen LogP contribution is -2.24. The molecule has 1 aromatic heterocycles. The van der Waals surface area contributed by atoms with Crippen LogP contribution in [0.2, 0.25) is 0 Å². The molecular weight excluding hydrogens is 292 g/mol. The van der Waals surface area contributed by atoms with Crippen molar-refractivity contribution >= 4 is 23.9 Å². The zero-order valence-electron chi connectivity index (χ0n) is 13.8. The van der Waals surface area contributed by atoms with Gasteiger partial charge in [-0.3, -0.25) is 4.57 Å². The highest BCUT2D eigenvalue weighted by molar-refractivity contribution is 7.71. The number of nitrogens with zero attached hydrogens (tertiary/aromatic N) is 3. The summed E-state index contributed by atoms with van der Waals surface area (Å²) in [5, 5.41) is 0. The van der Waals surface area contributed by atoms with Gasteiger partial charge in [0.2, 0.25) is 0 Å². The molecule has 2 aromatic rings. The molecule has 4 nitrogen and oxygen atoms in total. The number of fused-ring (bicyclic) bond motifs is 1. The molecule has 22 heavy (non-hydrogen) atoms. The molecule has 1 aliphatic carbocycles. The summed E-state index contributed by atoms with van der Waals surface area (Å²) in [6, 6.07) is 9.19. The van der Waals surface area contributed by atoms with Crippen molar-refractivity contribution in [3.63, 3.8) is 0 Å². The number of benzene rings is 1. The number of aromatic nitrogens is 2. The van der Waals surface area contributed by atoms with Gasteiger partial charge in [0.25, 0.3) is 0 Å². The van der Waals surface area contributed by atoms with Crippen molar-refractivity contribution < 1.29 is 0 Å². The minimum absolute atomic E-state index is 0.421. The number of imidazole rings is 1. The van der Waals surface area contributed by atoms with Crippen LogP contribution in [0.1, 0.15) is 23.6 Å². The van der Waals surface area contributed by atoms with E-state index in [4.69, 9.17) is 12.2 Å². The third-order valence-corrected chi connectivity index (χ3v) is 4.74. The summed E-state index contributed by atoms with van der Waals surface area (Å²) < 4.78 is 3.12. The van der Waals surface area contributed by atoms with Crippen LogP contribution in [0.15, 0.2) is 24.3 Å². The van der Waals surface area contributed by atoms with Crippen LogP contribution in [-0.4, -0.2) is 37.7 Å². The van der Waals surface area contributed by atoms with Gasteiger partial charge in [0.1, 0.15) is 5.82 Å². The lowest BCUT2D eigenvalue weighted by Gasteiger charge is -2.29. The van der Waals surface area contributed by atoms with Crippen molar-refractivity contribution in [1.82, 2.24) is 9.55 Å². The van der Waals surface area contributed by atoms with Gasteiger partial charge in [0.05, 0.1) is 0 Å². The smallest absolute Gasteiger partial charge is 0.180 e. The Hall–Kier alpha value is -1.75. The molecule has 1 unspecified atom stereocenters. The van der Waals surface area contributed by atoms with Gasteiger partial charge in [0.15, 0.2) is 10.6 Å². The Morgan fingerprint density at radius 3 is 2.41 bits per heavy atom. The van der Waals surface area contributed by atoms with Crippen LogP contribution in [0.3, 0.4) is 0 Å². The molecule has 118 valence electrons. The van der Waals surface area contributed by atoms with Crippen molar-refractivity contribution in [1.29, 1.82) is 0 Å². The number of H-pyrrole nitrogens is 1. The number of nitrogens with one attached hydrogen (secondary N) is 1. The largest absolute Gasteiger partial charge is 0.361 e. The summed E-state index contributed by atoms with van der Waals surface area (Å²) in [5.41, 5.74) is 2.94. The second-order valence-corrected chi connectivity index (χ2v) is 6.81. The van der Waals surface area contributed by atoms with Crippen molar-refractivity contribution in [2.24, 2.45) is 0 Å². The molecule has 1 atom stereocenters. The Kier molecular flexibility index (Phi) is 4.00. The molecule has 0 aliphatic heterocycles. The molecule has 1 heterocycles. The fraction of sp³-hybridized carbons (Fsp3) is 0.471. The van der Waals surface area contributed by atoms with E-state index in [0.29, 0.717) is 6.04 Å². The SMILES string of the molecule is CN(C)c1[nH]c(=S)n(C2CCc3ccccc3C2)c1N(C)C. The molecule has 5 heteroatoms. The van der Waals surface area contributed by atoms with Crippen molar-refractivity contribution in [3.05, 3.63) is 40.2 Å². The summed E-state index contributed by atoms with van der Waals surface area (Å²) in [4.78, 5) is 7.63. The average molecular weight is 316 g/mol. The molecule has 0 saturated heterocycles. The lowest BCUT2D eigenvalue weighted by molar-refractivity contribution is 0.439. The predicted molar refractivity (Wildman–Crippen MR) is 95.8 cm³/mol. The maximum absolute atomic E-state index is 5.63. The molecule has 0 saturated carbocycles. The van der Waals surface area contributed by atoms with Crippen molar-refractivity contribution in [2.45, 2.75) is 25.3 Å². The van der Waals surface area contributed by atoms with Gasteiger partial charge in [-0.2, -0.15) is 0 Å². The standard InChI is InChI=1S/C17H24N4S/c1-19(2)15-16(20(3)4)21(17(22)18-15)14-10-9-12-7-5-6-8-13(12)11-14/h5-8,14H,9-11H2,1-4H3,(H,18,22). The van der Waals surface area contributed by atoms with E-state index in [-0.39, 0.29) is 0 Å². The number of hydrogen-bond donors (Lipinski definition) is 1. The third kappa shape index (κ3) is 2.54. The summed E-state index contributed by atoms with van der Waals surface area (Å²) in [6.45, 7) is 0. The van der Waals surface area contributed by atoms with Crippen LogP contribution in [0.4, 0.5) is 11.6 Å². The molecule has 0 bridgehead atoms. The first-order chi connectivity index (χ1) is 10.5. The summed E-state index contributed by atoms with van der Waals surface area (Å²) in [7, 11) is 8.26. The first kappa shape index (κ1) is 15.2. The maximum atomic E-state index is 5.63. The molecular formula is C17H24N4S. The molecule has 0 fully saturated rings. The minimum atomic E-state index is 0.421. The normalized spacial score (nSPS) is 17.2. The third-order valence-electron chi connectivity index (χ3n) is 4.44. The van der Waals surface area contributed by atoms with Crippen LogP contribution in [-0.2, 0) is 12.8 Å². The van der Waals surface area contributed by atoms with Crippen molar-refractivity contribution in [3.8, 4) is 0 Å². The Bertz CT molecular complexity index is 727. The van der Waals surface area contributed by atoms with Gasteiger partial charge >= 0.3 is 0 Å². The first-order valence-electron chi connectivity index (χ1n) is 7.75. The number of aromatic amines is 1. The second-order valence-electron chi connectivity index (χ2n) is 6.43. The topological polar surface area (TPSA) is 27.2 Å². The summed E-state index contributed by atoms with van der Waals surface area (Å²) >= 11 is 5.63. The fourth-order valence-corrected chi connectivity index (χ4v) is 3.74. The van der Waals surface area contributed by atoms with Crippen LogP contribution in [0.5, 0.6) is 0 Å². The first-order valence-corrected chi connectivity index (χ1v) is 8.15.